The van der Waals surface area contributed by atoms with E-state index in [9.17, 15) is 8.42 Å². The summed E-state index contributed by atoms with van der Waals surface area (Å²) < 4.78 is 29.1. The molecule has 0 saturated carbocycles. The van der Waals surface area contributed by atoms with Crippen LogP contribution in [0.1, 0.15) is 47.5 Å². The zero-order valence-electron chi connectivity index (χ0n) is 13.6. The molecule has 0 aromatic heterocycles. The fraction of sp³-hybridized carbons (Fsp3) is 1.00. The lowest BCUT2D eigenvalue weighted by Gasteiger charge is -2.26. The molecule has 0 aromatic rings. The Bertz CT molecular complexity index is 384. The number of rotatable bonds is 7. The molecule has 1 saturated heterocycles. The first-order valence-corrected chi connectivity index (χ1v) is 9.49. The Balaban J connectivity index is 2.52. The Morgan fingerprint density at radius 1 is 1.30 bits per heavy atom. The molecule has 0 aromatic carbocycles. The molecule has 1 aliphatic heterocycles. The smallest absolute Gasteiger partial charge is 0.150 e. The van der Waals surface area contributed by atoms with Crippen molar-refractivity contribution in [3.8, 4) is 0 Å². The second-order valence-electron chi connectivity index (χ2n) is 7.24. The highest BCUT2D eigenvalue weighted by molar-refractivity contribution is 7.91. The van der Waals surface area contributed by atoms with Crippen molar-refractivity contribution in [2.24, 2.45) is 11.8 Å². The SMILES string of the molecule is CC(C)NCC(CCOC(C)(C)C)C1CCS(=O)(=O)C1. The van der Waals surface area contributed by atoms with Crippen molar-refractivity contribution in [3.05, 3.63) is 0 Å². The van der Waals surface area contributed by atoms with Crippen LogP contribution >= 0.6 is 0 Å². The minimum atomic E-state index is -2.80. The largest absolute Gasteiger partial charge is 0.376 e. The summed E-state index contributed by atoms with van der Waals surface area (Å²) in [6, 6.07) is 0.430. The van der Waals surface area contributed by atoms with Gasteiger partial charge in [0.05, 0.1) is 17.1 Å². The molecule has 0 amide bonds. The summed E-state index contributed by atoms with van der Waals surface area (Å²) in [5, 5.41) is 3.45. The van der Waals surface area contributed by atoms with Crippen LogP contribution in [-0.2, 0) is 14.6 Å². The van der Waals surface area contributed by atoms with E-state index in [-0.39, 0.29) is 11.5 Å². The highest BCUT2D eigenvalue weighted by atomic mass is 32.2. The van der Waals surface area contributed by atoms with E-state index in [1.807, 2.05) is 0 Å². The number of hydrogen-bond donors (Lipinski definition) is 1. The van der Waals surface area contributed by atoms with E-state index in [1.165, 1.54) is 0 Å². The topological polar surface area (TPSA) is 55.4 Å². The van der Waals surface area contributed by atoms with E-state index < -0.39 is 9.84 Å². The van der Waals surface area contributed by atoms with Gasteiger partial charge in [0, 0.05) is 12.6 Å². The first-order chi connectivity index (χ1) is 9.09. The Morgan fingerprint density at radius 3 is 2.40 bits per heavy atom. The Kier molecular flexibility index (Phi) is 6.48. The van der Waals surface area contributed by atoms with Gasteiger partial charge >= 0.3 is 0 Å². The molecule has 4 nitrogen and oxygen atoms in total. The van der Waals surface area contributed by atoms with Crippen LogP contribution < -0.4 is 5.32 Å². The number of nitrogens with one attached hydrogen (secondary N) is 1. The predicted molar refractivity (Wildman–Crippen MR) is 83.7 cm³/mol. The molecule has 5 heteroatoms. The molecule has 1 heterocycles. The van der Waals surface area contributed by atoms with E-state index in [1.54, 1.807) is 0 Å². The van der Waals surface area contributed by atoms with Crippen molar-refractivity contribution < 1.29 is 13.2 Å². The van der Waals surface area contributed by atoms with E-state index in [0.29, 0.717) is 30.1 Å². The van der Waals surface area contributed by atoms with Gasteiger partial charge in [0.25, 0.3) is 0 Å². The van der Waals surface area contributed by atoms with Gasteiger partial charge in [-0.05, 0) is 52.0 Å². The Morgan fingerprint density at radius 2 is 1.95 bits per heavy atom. The van der Waals surface area contributed by atoms with Gasteiger partial charge in [-0.2, -0.15) is 0 Å². The second-order valence-corrected chi connectivity index (χ2v) is 9.46. The minimum Gasteiger partial charge on any atom is -0.376 e. The normalized spacial score (nSPS) is 24.2. The van der Waals surface area contributed by atoms with Crippen molar-refractivity contribution in [2.75, 3.05) is 24.7 Å². The molecule has 0 aliphatic carbocycles. The summed E-state index contributed by atoms with van der Waals surface area (Å²) >= 11 is 0. The van der Waals surface area contributed by atoms with Crippen LogP contribution in [0.3, 0.4) is 0 Å². The molecule has 0 spiro atoms. The first-order valence-electron chi connectivity index (χ1n) is 7.67. The highest BCUT2D eigenvalue weighted by Crippen LogP contribution is 2.28. The molecule has 2 unspecified atom stereocenters. The highest BCUT2D eigenvalue weighted by Gasteiger charge is 2.33. The van der Waals surface area contributed by atoms with Gasteiger partial charge in [0.15, 0.2) is 9.84 Å². The molecule has 120 valence electrons. The minimum absolute atomic E-state index is 0.127. The van der Waals surface area contributed by atoms with E-state index in [0.717, 1.165) is 19.4 Å². The molecule has 1 rings (SSSR count). The van der Waals surface area contributed by atoms with Crippen LogP contribution in [0.5, 0.6) is 0 Å². The van der Waals surface area contributed by atoms with E-state index >= 15 is 0 Å². The van der Waals surface area contributed by atoms with Crippen LogP contribution in [0, 0.1) is 11.8 Å². The van der Waals surface area contributed by atoms with E-state index in [2.05, 4.69) is 39.9 Å². The summed E-state index contributed by atoms with van der Waals surface area (Å²) in [5.74, 6) is 1.38. The summed E-state index contributed by atoms with van der Waals surface area (Å²) in [6.45, 7) is 12.0. The summed E-state index contributed by atoms with van der Waals surface area (Å²) in [4.78, 5) is 0. The lowest BCUT2D eigenvalue weighted by atomic mass is 9.89. The van der Waals surface area contributed by atoms with Crippen LogP contribution in [-0.4, -0.2) is 44.7 Å². The summed E-state index contributed by atoms with van der Waals surface area (Å²) in [5.41, 5.74) is -0.127. The third-order valence-corrected chi connectivity index (χ3v) is 5.54. The van der Waals surface area contributed by atoms with Gasteiger partial charge in [-0.1, -0.05) is 13.8 Å². The molecule has 0 bridgehead atoms. The second kappa shape index (κ2) is 7.23. The van der Waals surface area contributed by atoms with Gasteiger partial charge in [0.1, 0.15) is 0 Å². The molecule has 20 heavy (non-hydrogen) atoms. The molecule has 0 radical (unpaired) electrons. The third kappa shape index (κ3) is 7.04. The van der Waals surface area contributed by atoms with Crippen LogP contribution in [0.4, 0.5) is 0 Å². The Hall–Kier alpha value is -0.130. The predicted octanol–water partition coefficient (Wildman–Crippen LogP) is 2.24. The van der Waals surface area contributed by atoms with Gasteiger partial charge in [-0.3, -0.25) is 0 Å². The number of ether oxygens (including phenoxy) is 1. The zero-order chi connectivity index (χ0) is 15.4. The van der Waals surface area contributed by atoms with Gasteiger partial charge in [0.2, 0.25) is 0 Å². The Labute approximate surface area is 124 Å². The van der Waals surface area contributed by atoms with Crippen molar-refractivity contribution in [1.29, 1.82) is 0 Å². The maximum Gasteiger partial charge on any atom is 0.150 e. The van der Waals surface area contributed by atoms with Gasteiger partial charge < -0.3 is 10.1 Å². The maximum absolute atomic E-state index is 11.7. The lowest BCUT2D eigenvalue weighted by molar-refractivity contribution is -0.0118. The van der Waals surface area contributed by atoms with Crippen molar-refractivity contribution >= 4 is 9.84 Å². The van der Waals surface area contributed by atoms with Crippen molar-refractivity contribution in [3.63, 3.8) is 0 Å². The zero-order valence-corrected chi connectivity index (χ0v) is 14.4. The summed E-state index contributed by atoms with van der Waals surface area (Å²) in [6.07, 6.45) is 1.74. The lowest BCUT2D eigenvalue weighted by Crippen LogP contribution is -2.34. The van der Waals surface area contributed by atoms with Crippen LogP contribution in [0.2, 0.25) is 0 Å². The first kappa shape index (κ1) is 17.9. The van der Waals surface area contributed by atoms with E-state index in [4.69, 9.17) is 4.74 Å². The van der Waals surface area contributed by atoms with Gasteiger partial charge in [-0.15, -0.1) is 0 Å². The average Bonchev–Trinajstić information content (AvgIpc) is 2.62. The monoisotopic (exact) mass is 305 g/mol. The number of hydrogen-bond acceptors (Lipinski definition) is 4. The quantitative estimate of drug-likeness (QED) is 0.784. The van der Waals surface area contributed by atoms with Crippen LogP contribution in [0.25, 0.3) is 0 Å². The van der Waals surface area contributed by atoms with Crippen molar-refractivity contribution in [1.82, 2.24) is 5.32 Å². The molecule has 1 aliphatic rings. The van der Waals surface area contributed by atoms with Gasteiger partial charge in [-0.25, -0.2) is 8.42 Å². The standard InChI is InChI=1S/C15H31NO3S/c1-12(2)16-10-13(6-8-19-15(3,4)5)14-7-9-20(17,18)11-14/h12-14,16H,6-11H2,1-5H3. The fourth-order valence-corrected chi connectivity index (χ4v) is 4.52. The number of sulfone groups is 1. The molecule has 2 atom stereocenters. The third-order valence-electron chi connectivity index (χ3n) is 3.75. The molecular weight excluding hydrogens is 274 g/mol. The van der Waals surface area contributed by atoms with Crippen molar-refractivity contribution in [2.45, 2.75) is 59.1 Å². The van der Waals surface area contributed by atoms with Crippen LogP contribution in [0.15, 0.2) is 0 Å². The average molecular weight is 305 g/mol. The fourth-order valence-electron chi connectivity index (χ4n) is 2.60. The molecule has 1 fully saturated rings. The summed E-state index contributed by atoms with van der Waals surface area (Å²) in [7, 11) is -2.80. The molecule has 1 N–H and O–H groups in total. The molecular formula is C15H31NO3S. The maximum atomic E-state index is 11.7.